The lowest BCUT2D eigenvalue weighted by Gasteiger charge is -2.28. The van der Waals surface area contributed by atoms with Crippen LogP contribution in [0.25, 0.3) is 0 Å². The SMILES string of the molecule is CC1(C)C(=O)c2cc(Cl)ccc2C1n1cncc1CC(=O)O. The Kier molecular flexibility index (Phi) is 3.33. The van der Waals surface area contributed by atoms with Crippen molar-refractivity contribution in [3.8, 4) is 0 Å². The number of ketones is 1. The third-order valence-corrected chi connectivity index (χ3v) is 4.42. The zero-order valence-corrected chi connectivity index (χ0v) is 13.0. The van der Waals surface area contributed by atoms with Gasteiger partial charge in [0.05, 0.1) is 24.2 Å². The molecule has 1 aliphatic rings. The van der Waals surface area contributed by atoms with Crippen LogP contribution in [0, 0.1) is 5.41 Å². The molecule has 1 aliphatic carbocycles. The summed E-state index contributed by atoms with van der Waals surface area (Å²) in [6, 6.07) is 4.97. The number of carbonyl (C=O) groups is 2. The molecular weight excluding hydrogens is 304 g/mol. The fraction of sp³-hybridized carbons (Fsp3) is 0.312. The van der Waals surface area contributed by atoms with Gasteiger partial charge in [-0.1, -0.05) is 31.5 Å². The van der Waals surface area contributed by atoms with Gasteiger partial charge in [-0.2, -0.15) is 0 Å². The molecule has 1 unspecified atom stereocenters. The summed E-state index contributed by atoms with van der Waals surface area (Å²) in [4.78, 5) is 27.8. The number of benzene rings is 1. The Morgan fingerprint density at radius 2 is 2.18 bits per heavy atom. The lowest BCUT2D eigenvalue weighted by Crippen LogP contribution is -2.29. The Morgan fingerprint density at radius 3 is 2.86 bits per heavy atom. The molecule has 1 aromatic heterocycles. The van der Waals surface area contributed by atoms with Crippen molar-refractivity contribution >= 4 is 23.4 Å². The molecule has 0 saturated heterocycles. The number of hydrogen-bond acceptors (Lipinski definition) is 3. The highest BCUT2D eigenvalue weighted by molar-refractivity contribution is 6.31. The van der Waals surface area contributed by atoms with Crippen LogP contribution in [0.1, 0.15) is 41.5 Å². The first-order valence-electron chi connectivity index (χ1n) is 6.89. The van der Waals surface area contributed by atoms with E-state index >= 15 is 0 Å². The molecular formula is C16H15ClN2O3. The van der Waals surface area contributed by atoms with Crippen molar-refractivity contribution in [2.45, 2.75) is 26.3 Å². The van der Waals surface area contributed by atoms with Gasteiger partial charge in [0, 0.05) is 22.5 Å². The molecule has 1 atom stereocenters. The van der Waals surface area contributed by atoms with Crippen LogP contribution < -0.4 is 0 Å². The minimum absolute atomic E-state index is 0.00461. The van der Waals surface area contributed by atoms with Gasteiger partial charge < -0.3 is 9.67 Å². The minimum Gasteiger partial charge on any atom is -0.481 e. The molecule has 1 aromatic carbocycles. The lowest BCUT2D eigenvalue weighted by molar-refractivity contribution is -0.136. The molecule has 3 rings (SSSR count). The number of Topliss-reactive ketones (excluding diaryl/α,β-unsaturated/α-hetero) is 1. The number of fused-ring (bicyclic) bond motifs is 1. The topological polar surface area (TPSA) is 72.2 Å². The predicted octanol–water partition coefficient (Wildman–Crippen LogP) is 2.98. The number of carboxylic acids is 1. The first-order valence-corrected chi connectivity index (χ1v) is 7.27. The first-order chi connectivity index (χ1) is 10.3. The van der Waals surface area contributed by atoms with Gasteiger partial charge in [0.2, 0.25) is 0 Å². The molecule has 0 amide bonds. The monoisotopic (exact) mass is 318 g/mol. The Hall–Kier alpha value is -2.14. The standard InChI is InChI=1S/C16H15ClN2O3/c1-16(2)14(19-8-18-7-10(19)6-13(20)21)11-4-3-9(17)5-12(11)15(16)22/h3-5,7-8,14H,6H2,1-2H3,(H,20,21). The van der Waals surface area contributed by atoms with Gasteiger partial charge in [-0.05, 0) is 17.7 Å². The normalized spacial score (nSPS) is 19.2. The first kappa shape index (κ1) is 14.8. The van der Waals surface area contributed by atoms with E-state index in [0.29, 0.717) is 16.3 Å². The van der Waals surface area contributed by atoms with Crippen LogP contribution in [-0.2, 0) is 11.2 Å². The van der Waals surface area contributed by atoms with Crippen LogP contribution >= 0.6 is 11.6 Å². The van der Waals surface area contributed by atoms with Crippen LogP contribution in [0.2, 0.25) is 5.02 Å². The van der Waals surface area contributed by atoms with E-state index in [-0.39, 0.29) is 18.2 Å². The maximum Gasteiger partial charge on any atom is 0.309 e. The summed E-state index contributed by atoms with van der Waals surface area (Å²) >= 11 is 6.01. The zero-order chi connectivity index (χ0) is 16.1. The quantitative estimate of drug-likeness (QED) is 0.944. The van der Waals surface area contributed by atoms with E-state index in [1.165, 1.54) is 6.20 Å². The largest absolute Gasteiger partial charge is 0.481 e. The summed E-state index contributed by atoms with van der Waals surface area (Å²) in [5.74, 6) is -0.926. The molecule has 0 radical (unpaired) electrons. The third kappa shape index (κ3) is 2.13. The molecule has 6 heteroatoms. The number of hydrogen-bond donors (Lipinski definition) is 1. The Morgan fingerprint density at radius 1 is 1.45 bits per heavy atom. The van der Waals surface area contributed by atoms with Crippen LogP contribution in [0.5, 0.6) is 0 Å². The molecule has 114 valence electrons. The molecule has 0 spiro atoms. The number of carboxylic acid groups (broad SMARTS) is 1. The highest BCUT2D eigenvalue weighted by Crippen LogP contribution is 2.48. The highest BCUT2D eigenvalue weighted by atomic mass is 35.5. The molecule has 0 bridgehead atoms. The van der Waals surface area contributed by atoms with Crippen molar-refractivity contribution in [2.24, 2.45) is 5.41 Å². The second-order valence-corrected chi connectivity index (χ2v) is 6.48. The summed E-state index contributed by atoms with van der Waals surface area (Å²) < 4.78 is 1.78. The summed E-state index contributed by atoms with van der Waals surface area (Å²) in [7, 11) is 0. The van der Waals surface area contributed by atoms with Gasteiger partial charge in [0.1, 0.15) is 0 Å². The third-order valence-electron chi connectivity index (χ3n) is 4.18. The number of nitrogens with zero attached hydrogens (tertiary/aromatic N) is 2. The molecule has 0 saturated carbocycles. The number of aromatic nitrogens is 2. The Balaban J connectivity index is 2.17. The fourth-order valence-corrected chi connectivity index (χ4v) is 3.35. The van der Waals surface area contributed by atoms with Crippen LogP contribution in [0.15, 0.2) is 30.7 Å². The molecule has 0 aliphatic heterocycles. The number of rotatable bonds is 3. The lowest BCUT2D eigenvalue weighted by atomic mass is 9.84. The number of aliphatic carboxylic acids is 1. The second-order valence-electron chi connectivity index (χ2n) is 6.05. The van der Waals surface area contributed by atoms with Gasteiger partial charge in [0.25, 0.3) is 0 Å². The highest BCUT2D eigenvalue weighted by Gasteiger charge is 2.47. The van der Waals surface area contributed by atoms with E-state index in [1.54, 1.807) is 23.0 Å². The molecule has 0 fully saturated rings. The van der Waals surface area contributed by atoms with E-state index < -0.39 is 11.4 Å². The van der Waals surface area contributed by atoms with Gasteiger partial charge in [0.15, 0.2) is 5.78 Å². The van der Waals surface area contributed by atoms with Gasteiger partial charge in [-0.3, -0.25) is 9.59 Å². The summed E-state index contributed by atoms with van der Waals surface area (Å²) in [6.45, 7) is 3.72. The summed E-state index contributed by atoms with van der Waals surface area (Å²) in [6.07, 6.45) is 2.98. The molecule has 5 nitrogen and oxygen atoms in total. The Bertz CT molecular complexity index is 779. The minimum atomic E-state index is -0.930. The molecule has 1 heterocycles. The van der Waals surface area contributed by atoms with E-state index in [1.807, 2.05) is 19.9 Å². The number of carbonyl (C=O) groups excluding carboxylic acids is 1. The van der Waals surface area contributed by atoms with Crippen molar-refractivity contribution in [1.29, 1.82) is 0 Å². The maximum atomic E-state index is 12.7. The second kappa shape index (κ2) is 4.95. The van der Waals surface area contributed by atoms with Crippen LogP contribution in [0.4, 0.5) is 0 Å². The van der Waals surface area contributed by atoms with E-state index in [0.717, 1.165) is 5.56 Å². The smallest absolute Gasteiger partial charge is 0.309 e. The fourth-order valence-electron chi connectivity index (χ4n) is 3.18. The number of halogens is 1. The van der Waals surface area contributed by atoms with Crippen molar-refractivity contribution in [2.75, 3.05) is 0 Å². The summed E-state index contributed by atoms with van der Waals surface area (Å²) in [5.41, 5.74) is 1.32. The van der Waals surface area contributed by atoms with Crippen LogP contribution in [-0.4, -0.2) is 26.4 Å². The summed E-state index contributed by atoms with van der Waals surface area (Å²) in [5, 5.41) is 9.55. The number of imidazole rings is 1. The van der Waals surface area contributed by atoms with E-state index in [4.69, 9.17) is 16.7 Å². The molecule has 1 N–H and O–H groups in total. The van der Waals surface area contributed by atoms with Gasteiger partial charge in [-0.15, -0.1) is 0 Å². The van der Waals surface area contributed by atoms with Crippen LogP contribution in [0.3, 0.4) is 0 Å². The molecule has 22 heavy (non-hydrogen) atoms. The van der Waals surface area contributed by atoms with Crippen molar-refractivity contribution in [1.82, 2.24) is 9.55 Å². The van der Waals surface area contributed by atoms with Gasteiger partial charge in [-0.25, -0.2) is 4.98 Å². The predicted molar refractivity (Wildman–Crippen MR) is 81.3 cm³/mol. The average Bonchev–Trinajstić information content (AvgIpc) is 2.93. The molecule has 2 aromatic rings. The Labute approximate surface area is 132 Å². The zero-order valence-electron chi connectivity index (χ0n) is 12.2. The maximum absolute atomic E-state index is 12.7. The van der Waals surface area contributed by atoms with Crippen molar-refractivity contribution in [3.05, 3.63) is 52.6 Å². The average molecular weight is 319 g/mol. The van der Waals surface area contributed by atoms with E-state index in [9.17, 15) is 9.59 Å². The van der Waals surface area contributed by atoms with Crippen molar-refractivity contribution < 1.29 is 14.7 Å². The van der Waals surface area contributed by atoms with Crippen molar-refractivity contribution in [3.63, 3.8) is 0 Å². The van der Waals surface area contributed by atoms with E-state index in [2.05, 4.69) is 4.98 Å². The van der Waals surface area contributed by atoms with Gasteiger partial charge >= 0.3 is 5.97 Å².